The van der Waals surface area contributed by atoms with Crippen LogP contribution in [-0.4, -0.2) is 123 Å². The van der Waals surface area contributed by atoms with Crippen molar-refractivity contribution in [3.05, 3.63) is 45.3 Å². The molecule has 0 aromatic heterocycles. The topological polar surface area (TPSA) is 277 Å². The number of nitrogens with one attached hydrogen (secondary N) is 2. The summed E-state index contributed by atoms with van der Waals surface area (Å²) in [5.74, 6) is -9.05. The quantitative estimate of drug-likeness (QED) is 0.0592. The first-order chi connectivity index (χ1) is 24.5. The third-order valence-electron chi connectivity index (χ3n) is 7.05. The zero-order valence-corrected chi connectivity index (χ0v) is 29.7. The van der Waals surface area contributed by atoms with Gasteiger partial charge in [-0.2, -0.15) is 0 Å². The van der Waals surface area contributed by atoms with Crippen LogP contribution in [0.25, 0.3) is 10.4 Å². The van der Waals surface area contributed by atoms with Crippen LogP contribution in [0.2, 0.25) is 5.02 Å². The summed E-state index contributed by atoms with van der Waals surface area (Å²) in [6.45, 7) is 1.45. The Labute approximate surface area is 302 Å². The van der Waals surface area contributed by atoms with Crippen LogP contribution in [0.15, 0.2) is 29.4 Å². The highest BCUT2D eigenvalue weighted by atomic mass is 35.5. The number of aliphatic hydroxyl groups is 1. The van der Waals surface area contributed by atoms with Crippen LogP contribution in [0.4, 0.5) is 0 Å². The molecule has 1 saturated heterocycles. The maximum absolute atomic E-state index is 13.4. The van der Waals surface area contributed by atoms with Gasteiger partial charge in [-0.15, -0.1) is 0 Å². The molecule has 0 aliphatic carbocycles. The maximum atomic E-state index is 13.4. The Balaban J connectivity index is 2.69. The molecular formula is C31H40ClN5O15. The number of rotatable bonds is 18. The first kappa shape index (κ1) is 43.2. The summed E-state index contributed by atoms with van der Waals surface area (Å²) in [6.07, 6.45) is -9.24. The van der Waals surface area contributed by atoms with Gasteiger partial charge in [0.1, 0.15) is 12.2 Å². The fourth-order valence-corrected chi connectivity index (χ4v) is 5.14. The van der Waals surface area contributed by atoms with Gasteiger partial charge in [-0.25, -0.2) is 4.79 Å². The van der Waals surface area contributed by atoms with Crippen LogP contribution in [0.3, 0.4) is 0 Å². The van der Waals surface area contributed by atoms with E-state index >= 15 is 0 Å². The van der Waals surface area contributed by atoms with E-state index in [2.05, 4.69) is 20.7 Å². The second kappa shape index (κ2) is 20.7. The van der Waals surface area contributed by atoms with Crippen LogP contribution in [0, 0.1) is 0 Å². The molecule has 2 amide bonds. The van der Waals surface area contributed by atoms with Crippen molar-refractivity contribution < 1.29 is 71.8 Å². The molecule has 52 heavy (non-hydrogen) atoms. The Bertz CT molecular complexity index is 1510. The smallest absolute Gasteiger partial charge is 0.366 e. The molecule has 1 heterocycles. The van der Waals surface area contributed by atoms with Gasteiger partial charge in [0.15, 0.2) is 18.8 Å². The van der Waals surface area contributed by atoms with E-state index in [1.807, 2.05) is 0 Å². The zero-order chi connectivity index (χ0) is 39.0. The highest BCUT2D eigenvalue weighted by Gasteiger charge is 2.59. The number of hydrogen-bond acceptors (Lipinski definition) is 16. The van der Waals surface area contributed by atoms with Crippen molar-refractivity contribution in [2.24, 2.45) is 5.11 Å². The lowest BCUT2D eigenvalue weighted by Crippen LogP contribution is -2.70. The number of hydrogen-bond donors (Lipinski definition) is 3. The van der Waals surface area contributed by atoms with Gasteiger partial charge in [-0.05, 0) is 23.2 Å². The number of azide groups is 1. The Hall–Kier alpha value is -5.01. The Morgan fingerprint density at radius 2 is 1.67 bits per heavy atom. The molecule has 1 aromatic carbocycles. The second-order valence-corrected chi connectivity index (χ2v) is 11.7. The van der Waals surface area contributed by atoms with Gasteiger partial charge in [-0.3, -0.25) is 28.8 Å². The molecule has 1 aliphatic heterocycles. The van der Waals surface area contributed by atoms with E-state index < -0.39 is 117 Å². The highest BCUT2D eigenvalue weighted by molar-refractivity contribution is 6.30. The minimum Gasteiger partial charge on any atom is -0.465 e. The van der Waals surface area contributed by atoms with E-state index in [1.54, 1.807) is 24.3 Å². The summed E-state index contributed by atoms with van der Waals surface area (Å²) in [6, 6.07) is 4.79. The van der Waals surface area contributed by atoms with Gasteiger partial charge in [0.2, 0.25) is 5.91 Å². The molecule has 7 atom stereocenters. The van der Waals surface area contributed by atoms with Gasteiger partial charge < -0.3 is 48.9 Å². The summed E-state index contributed by atoms with van der Waals surface area (Å²) in [7, 11) is 0.956. The summed E-state index contributed by atoms with van der Waals surface area (Å²) in [5, 5.41) is 19.1. The average molecular weight is 758 g/mol. The van der Waals surface area contributed by atoms with E-state index in [9.17, 15) is 38.7 Å². The van der Waals surface area contributed by atoms with Crippen LogP contribution in [-0.2, 0) is 73.1 Å². The van der Waals surface area contributed by atoms with Crippen molar-refractivity contribution in [3.63, 3.8) is 0 Å². The van der Waals surface area contributed by atoms with Crippen LogP contribution in [0.1, 0.15) is 39.7 Å². The standard InChI is InChI=1S/C31H40ClN5O15/c1-16(38)47-15-26(44)36-27-23(49-17(2)39)11-31(30(45)46-5,48-14-22(42)12-35-37-33)52-29(27)28(51-19(4)41)24(50-18(3)40)13-34-25(43)10-20-6-8-21(32)9-7-20/h6-9,22-24,27-29,42H,10-15H2,1-5H3,(H,34,43)(H,36,44)/t22?,23-,24+,27+,28+,29+,31+/m0/s1. The number of esters is 5. The van der Waals surface area contributed by atoms with E-state index in [0.717, 1.165) is 34.8 Å². The predicted octanol–water partition coefficient (Wildman–Crippen LogP) is 0.188. The number of halogens is 1. The summed E-state index contributed by atoms with van der Waals surface area (Å²) in [5.41, 5.74) is 9.20. The molecule has 20 nitrogen and oxygen atoms in total. The monoisotopic (exact) mass is 757 g/mol. The minimum absolute atomic E-state index is 0.150. The molecule has 0 bridgehead atoms. The van der Waals surface area contributed by atoms with Crippen molar-refractivity contribution in [2.45, 2.75) is 82.9 Å². The minimum atomic E-state index is -2.59. The van der Waals surface area contributed by atoms with Crippen molar-refractivity contribution in [3.8, 4) is 0 Å². The van der Waals surface area contributed by atoms with Gasteiger partial charge in [0.25, 0.3) is 11.7 Å². The molecule has 0 radical (unpaired) electrons. The number of aliphatic hydroxyl groups excluding tert-OH is 1. The van der Waals surface area contributed by atoms with Crippen LogP contribution >= 0.6 is 11.6 Å². The first-order valence-corrected chi connectivity index (χ1v) is 15.9. The fraction of sp³-hybridized carbons (Fsp3) is 0.581. The number of methoxy groups -OCH3 is 1. The molecular weight excluding hydrogens is 718 g/mol. The lowest BCUT2D eigenvalue weighted by atomic mass is 9.87. The molecule has 21 heteroatoms. The van der Waals surface area contributed by atoms with Gasteiger partial charge in [0.05, 0.1) is 51.8 Å². The number of carbonyl (C=O) groups is 7. The van der Waals surface area contributed by atoms with E-state index in [4.69, 9.17) is 50.3 Å². The van der Waals surface area contributed by atoms with Crippen molar-refractivity contribution in [1.29, 1.82) is 0 Å². The first-order valence-electron chi connectivity index (χ1n) is 15.5. The molecule has 2 rings (SSSR count). The maximum Gasteiger partial charge on any atom is 0.366 e. The van der Waals surface area contributed by atoms with Gasteiger partial charge >= 0.3 is 29.8 Å². The zero-order valence-electron chi connectivity index (χ0n) is 28.9. The number of ether oxygens (including phenoxy) is 7. The Morgan fingerprint density at radius 1 is 1.02 bits per heavy atom. The number of amides is 2. The molecule has 0 spiro atoms. The molecule has 1 unspecified atom stereocenters. The van der Waals surface area contributed by atoms with Crippen molar-refractivity contribution >= 4 is 53.3 Å². The van der Waals surface area contributed by atoms with Crippen LogP contribution in [0.5, 0.6) is 0 Å². The molecule has 286 valence electrons. The van der Waals surface area contributed by atoms with E-state index in [0.29, 0.717) is 10.6 Å². The molecule has 0 saturated carbocycles. The largest absolute Gasteiger partial charge is 0.465 e. The summed E-state index contributed by atoms with van der Waals surface area (Å²) < 4.78 is 38.1. The van der Waals surface area contributed by atoms with Crippen LogP contribution < -0.4 is 10.6 Å². The second-order valence-electron chi connectivity index (χ2n) is 11.3. The van der Waals surface area contributed by atoms with E-state index in [1.165, 1.54) is 0 Å². The number of benzene rings is 1. The summed E-state index contributed by atoms with van der Waals surface area (Å²) in [4.78, 5) is 90.7. The Morgan fingerprint density at radius 3 is 2.23 bits per heavy atom. The lowest BCUT2D eigenvalue weighted by molar-refractivity contribution is -0.317. The average Bonchev–Trinajstić information content (AvgIpc) is 3.07. The fourth-order valence-electron chi connectivity index (χ4n) is 5.02. The normalized spacial score (nSPS) is 21.1. The third-order valence-corrected chi connectivity index (χ3v) is 7.30. The van der Waals surface area contributed by atoms with Crippen molar-refractivity contribution in [1.82, 2.24) is 10.6 Å². The number of carbonyl (C=O) groups excluding carboxylic acids is 7. The molecule has 1 fully saturated rings. The Kier molecular flexibility index (Phi) is 17.2. The van der Waals surface area contributed by atoms with Gasteiger partial charge in [0, 0.05) is 37.6 Å². The molecule has 3 N–H and O–H groups in total. The highest BCUT2D eigenvalue weighted by Crippen LogP contribution is 2.37. The predicted molar refractivity (Wildman–Crippen MR) is 174 cm³/mol. The van der Waals surface area contributed by atoms with Crippen molar-refractivity contribution in [2.75, 3.05) is 33.4 Å². The SMILES string of the molecule is COC(=O)[C@@]1(OCC(O)CN=[N+]=[N-])C[C@H](OC(C)=O)[C@@H](NC(=O)COC(C)=O)[C@H]([C@H](OC(C)=O)[C@@H](CNC(=O)Cc2ccc(Cl)cc2)OC(C)=O)O1. The third kappa shape index (κ3) is 14.0. The lowest BCUT2D eigenvalue weighted by Gasteiger charge is -2.48. The van der Waals surface area contributed by atoms with Gasteiger partial charge in [-0.1, -0.05) is 28.8 Å². The molecule has 1 aromatic rings. The summed E-state index contributed by atoms with van der Waals surface area (Å²) >= 11 is 5.92. The van der Waals surface area contributed by atoms with E-state index in [-0.39, 0.29) is 6.42 Å². The molecule has 1 aliphatic rings. The number of nitrogens with zero attached hydrogens (tertiary/aromatic N) is 3.